The summed E-state index contributed by atoms with van der Waals surface area (Å²) in [5.41, 5.74) is 10.9. The molecule has 2 aromatic rings. The van der Waals surface area contributed by atoms with E-state index in [0.29, 0.717) is 32.8 Å². The number of nitrogens with one attached hydrogen (secondary N) is 1. The largest absolute Gasteiger partial charge is 0.378 e. The van der Waals surface area contributed by atoms with Crippen molar-refractivity contribution >= 4 is 23.2 Å². The van der Waals surface area contributed by atoms with Gasteiger partial charge in [0.1, 0.15) is 0 Å². The van der Waals surface area contributed by atoms with Crippen molar-refractivity contribution in [2.75, 3.05) is 49.6 Å². The Labute approximate surface area is 214 Å². The maximum absolute atomic E-state index is 12.9. The van der Waals surface area contributed by atoms with Crippen LogP contribution < -0.4 is 16.0 Å². The summed E-state index contributed by atoms with van der Waals surface area (Å²) in [5.74, 6) is 0.694. The van der Waals surface area contributed by atoms with Crippen molar-refractivity contribution in [3.8, 4) is 11.1 Å². The second kappa shape index (κ2) is 11.4. The summed E-state index contributed by atoms with van der Waals surface area (Å²) in [4.78, 5) is 29.9. The number of morpholine rings is 1. The zero-order valence-electron chi connectivity index (χ0n) is 21.1. The summed E-state index contributed by atoms with van der Waals surface area (Å²) in [5, 5.41) is 3.24. The number of nitrogens with two attached hydrogens (primary N) is 1. The SMILES string of the molecule is NCCCN(Cc1cccc(-c2ccc(N3CCOCC3)c(NC(=O)C3CCC3)c2)c1)C(=O)C1CC1. The van der Waals surface area contributed by atoms with Gasteiger partial charge < -0.3 is 25.6 Å². The van der Waals surface area contributed by atoms with E-state index in [4.69, 9.17) is 10.5 Å². The van der Waals surface area contributed by atoms with Gasteiger partial charge in [0.25, 0.3) is 0 Å². The average molecular weight is 491 g/mol. The highest BCUT2D eigenvalue weighted by Gasteiger charge is 2.33. The molecule has 0 atom stereocenters. The number of amides is 2. The molecule has 0 bridgehead atoms. The molecular weight excluding hydrogens is 452 g/mol. The fraction of sp³-hybridized carbons (Fsp3) is 0.517. The normalized spacial score (nSPS) is 18.0. The Hall–Kier alpha value is -2.90. The van der Waals surface area contributed by atoms with Crippen molar-refractivity contribution in [2.45, 2.75) is 45.1 Å². The minimum Gasteiger partial charge on any atom is -0.378 e. The van der Waals surface area contributed by atoms with Crippen molar-refractivity contribution in [1.82, 2.24) is 4.90 Å². The Balaban J connectivity index is 1.38. The quantitative estimate of drug-likeness (QED) is 0.525. The van der Waals surface area contributed by atoms with Crippen LogP contribution >= 0.6 is 0 Å². The standard InChI is InChI=1S/C29H38N4O3/c30-12-3-13-33(29(35)23-8-9-23)20-21-4-1-7-24(18-21)25-10-11-27(32-14-16-36-17-15-32)26(19-25)31-28(34)22-5-2-6-22/h1,4,7,10-11,18-19,22-23H,2-3,5-6,8-9,12-17,20,30H2,(H,31,34). The second-order valence-electron chi connectivity index (χ2n) is 10.3. The van der Waals surface area contributed by atoms with Crippen LogP contribution in [0.25, 0.3) is 11.1 Å². The first-order valence-electron chi connectivity index (χ1n) is 13.5. The van der Waals surface area contributed by atoms with Gasteiger partial charge in [0, 0.05) is 38.0 Å². The van der Waals surface area contributed by atoms with Crippen molar-refractivity contribution in [3.05, 3.63) is 48.0 Å². The van der Waals surface area contributed by atoms with Crippen LogP contribution in [-0.4, -0.2) is 56.1 Å². The average Bonchev–Trinajstić information content (AvgIpc) is 3.71. The Kier molecular flexibility index (Phi) is 7.87. The van der Waals surface area contributed by atoms with Gasteiger partial charge >= 0.3 is 0 Å². The van der Waals surface area contributed by atoms with Crippen LogP contribution in [0.4, 0.5) is 11.4 Å². The number of carbonyl (C=O) groups excluding carboxylic acids is 2. The third kappa shape index (κ3) is 5.90. The first-order valence-corrected chi connectivity index (χ1v) is 13.5. The molecule has 2 saturated carbocycles. The van der Waals surface area contributed by atoms with Crippen LogP contribution in [0.3, 0.4) is 0 Å². The van der Waals surface area contributed by atoms with Crippen LogP contribution in [0, 0.1) is 11.8 Å². The molecule has 0 radical (unpaired) electrons. The molecule has 3 fully saturated rings. The topological polar surface area (TPSA) is 87.9 Å². The third-order valence-electron chi connectivity index (χ3n) is 7.59. The van der Waals surface area contributed by atoms with E-state index >= 15 is 0 Å². The van der Waals surface area contributed by atoms with E-state index in [-0.39, 0.29) is 23.7 Å². The van der Waals surface area contributed by atoms with E-state index in [1.165, 1.54) is 0 Å². The summed E-state index contributed by atoms with van der Waals surface area (Å²) in [6, 6.07) is 14.7. The molecule has 0 unspecified atom stereocenters. The van der Waals surface area contributed by atoms with Crippen LogP contribution in [0.15, 0.2) is 42.5 Å². The number of nitrogens with zero attached hydrogens (tertiary/aromatic N) is 2. The highest BCUT2D eigenvalue weighted by molar-refractivity contribution is 5.97. The number of carbonyl (C=O) groups is 2. The van der Waals surface area contributed by atoms with E-state index in [0.717, 1.165) is 79.7 Å². The second-order valence-corrected chi connectivity index (χ2v) is 10.3. The Morgan fingerprint density at radius 1 is 1.00 bits per heavy atom. The van der Waals surface area contributed by atoms with Gasteiger partial charge in [0.15, 0.2) is 0 Å². The van der Waals surface area contributed by atoms with Gasteiger partial charge in [0.05, 0.1) is 24.6 Å². The molecule has 2 amide bonds. The zero-order chi connectivity index (χ0) is 24.9. The van der Waals surface area contributed by atoms with E-state index in [9.17, 15) is 9.59 Å². The predicted octanol–water partition coefficient (Wildman–Crippen LogP) is 4.02. The van der Waals surface area contributed by atoms with Crippen molar-refractivity contribution in [3.63, 3.8) is 0 Å². The molecule has 0 aromatic heterocycles. The minimum atomic E-state index is 0.121. The van der Waals surface area contributed by atoms with Crippen molar-refractivity contribution < 1.29 is 14.3 Å². The van der Waals surface area contributed by atoms with Gasteiger partial charge in [-0.1, -0.05) is 30.7 Å². The summed E-state index contributed by atoms with van der Waals surface area (Å²) < 4.78 is 5.54. The predicted molar refractivity (Wildman–Crippen MR) is 143 cm³/mol. The van der Waals surface area contributed by atoms with E-state index in [2.05, 4.69) is 52.7 Å². The molecule has 5 rings (SSSR count). The molecule has 3 aliphatic rings. The molecule has 3 N–H and O–H groups in total. The Morgan fingerprint density at radius 3 is 2.47 bits per heavy atom. The summed E-state index contributed by atoms with van der Waals surface area (Å²) in [6.07, 6.45) is 5.89. The van der Waals surface area contributed by atoms with Crippen molar-refractivity contribution in [1.29, 1.82) is 0 Å². The number of ether oxygens (including phenoxy) is 1. The molecule has 36 heavy (non-hydrogen) atoms. The van der Waals surface area contributed by atoms with Crippen LogP contribution in [-0.2, 0) is 20.9 Å². The number of hydrogen-bond acceptors (Lipinski definition) is 5. The van der Waals surface area contributed by atoms with E-state index in [1.807, 2.05) is 4.90 Å². The van der Waals surface area contributed by atoms with Crippen molar-refractivity contribution in [2.24, 2.45) is 17.6 Å². The first kappa shape index (κ1) is 24.8. The monoisotopic (exact) mass is 490 g/mol. The highest BCUT2D eigenvalue weighted by atomic mass is 16.5. The minimum absolute atomic E-state index is 0.121. The van der Waals surface area contributed by atoms with Gasteiger partial charge in [-0.05, 0) is 73.5 Å². The first-order chi connectivity index (χ1) is 17.6. The number of rotatable bonds is 10. The lowest BCUT2D eigenvalue weighted by molar-refractivity contribution is -0.133. The van der Waals surface area contributed by atoms with E-state index < -0.39 is 0 Å². The summed E-state index contributed by atoms with van der Waals surface area (Å²) in [6.45, 7) is 4.89. The maximum atomic E-state index is 12.9. The molecule has 0 spiro atoms. The number of benzene rings is 2. The number of hydrogen-bond donors (Lipinski definition) is 2. The van der Waals surface area contributed by atoms with Crippen LogP contribution in [0.1, 0.15) is 44.1 Å². The molecule has 2 aromatic carbocycles. The fourth-order valence-corrected chi connectivity index (χ4v) is 5.01. The maximum Gasteiger partial charge on any atom is 0.227 e. The highest BCUT2D eigenvalue weighted by Crippen LogP contribution is 2.35. The molecule has 192 valence electrons. The van der Waals surface area contributed by atoms with Gasteiger partial charge in [0.2, 0.25) is 11.8 Å². The molecule has 1 heterocycles. The lowest BCUT2D eigenvalue weighted by Gasteiger charge is -2.32. The molecule has 2 aliphatic carbocycles. The van der Waals surface area contributed by atoms with Gasteiger partial charge in [-0.2, -0.15) is 0 Å². The molecule has 7 nitrogen and oxygen atoms in total. The van der Waals surface area contributed by atoms with Crippen LogP contribution in [0.5, 0.6) is 0 Å². The van der Waals surface area contributed by atoms with Gasteiger partial charge in [-0.3, -0.25) is 9.59 Å². The molecule has 7 heteroatoms. The van der Waals surface area contributed by atoms with Gasteiger partial charge in [-0.25, -0.2) is 0 Å². The molecular formula is C29H38N4O3. The fourth-order valence-electron chi connectivity index (χ4n) is 5.01. The smallest absolute Gasteiger partial charge is 0.227 e. The van der Waals surface area contributed by atoms with Crippen LogP contribution in [0.2, 0.25) is 0 Å². The summed E-state index contributed by atoms with van der Waals surface area (Å²) >= 11 is 0. The molecule has 1 saturated heterocycles. The third-order valence-corrected chi connectivity index (χ3v) is 7.59. The Bertz CT molecular complexity index is 1070. The lowest BCUT2D eigenvalue weighted by Crippen LogP contribution is -2.37. The summed E-state index contributed by atoms with van der Waals surface area (Å²) in [7, 11) is 0. The Morgan fingerprint density at radius 2 is 1.78 bits per heavy atom. The van der Waals surface area contributed by atoms with Gasteiger partial charge in [-0.15, -0.1) is 0 Å². The molecule has 1 aliphatic heterocycles. The van der Waals surface area contributed by atoms with E-state index in [1.54, 1.807) is 0 Å². The lowest BCUT2D eigenvalue weighted by atomic mass is 9.85. The zero-order valence-corrected chi connectivity index (χ0v) is 21.1. The number of anilines is 2.